The topological polar surface area (TPSA) is 70.4 Å². The molecule has 0 saturated carbocycles. The van der Waals surface area contributed by atoms with E-state index in [9.17, 15) is 0 Å². The van der Waals surface area contributed by atoms with Crippen LogP contribution in [-0.2, 0) is 20.1 Å². The van der Waals surface area contributed by atoms with Crippen molar-refractivity contribution in [3.8, 4) is 0 Å². The number of likely N-dealkylation sites (tertiary alicyclic amines) is 1. The van der Waals surface area contributed by atoms with Crippen molar-refractivity contribution < 1.29 is 0 Å². The molecule has 29 heavy (non-hydrogen) atoms. The zero-order valence-electron chi connectivity index (χ0n) is 17.9. The molecule has 0 unspecified atom stereocenters. The average molecular weight is 396 g/mol. The van der Waals surface area contributed by atoms with Crippen LogP contribution in [0.5, 0.6) is 0 Å². The summed E-state index contributed by atoms with van der Waals surface area (Å²) in [5.74, 6) is 2.56. The fourth-order valence-corrected chi connectivity index (χ4v) is 3.56. The fourth-order valence-electron chi connectivity index (χ4n) is 3.56. The largest absolute Gasteiger partial charge is 0.354 e. The first-order valence-corrected chi connectivity index (χ1v) is 10.3. The molecule has 1 aromatic carbocycles. The summed E-state index contributed by atoms with van der Waals surface area (Å²) >= 11 is 0. The summed E-state index contributed by atoms with van der Waals surface area (Å²) in [4.78, 5) is 7.24. The Morgan fingerprint density at radius 2 is 2.07 bits per heavy atom. The summed E-state index contributed by atoms with van der Waals surface area (Å²) in [5.41, 5.74) is 2.72. The van der Waals surface area contributed by atoms with Gasteiger partial charge in [-0.1, -0.05) is 35.9 Å². The van der Waals surface area contributed by atoms with Crippen molar-refractivity contribution in [1.29, 1.82) is 0 Å². The molecule has 0 spiro atoms. The van der Waals surface area contributed by atoms with E-state index in [1.54, 1.807) is 0 Å². The van der Waals surface area contributed by atoms with Crippen molar-refractivity contribution in [3.63, 3.8) is 0 Å². The lowest BCUT2D eigenvalue weighted by Crippen LogP contribution is -2.48. The SMILES string of the molecule is C=CCNC(=NCc1nnc(C)n1C)NC1CCN(Cc2cccc(C)c2)CC1. The number of nitrogens with one attached hydrogen (secondary N) is 2. The molecule has 2 aromatic rings. The molecule has 0 aliphatic carbocycles. The zero-order valence-corrected chi connectivity index (χ0v) is 17.9. The highest BCUT2D eigenvalue weighted by atomic mass is 15.3. The maximum absolute atomic E-state index is 4.71. The first-order valence-electron chi connectivity index (χ1n) is 10.3. The number of benzene rings is 1. The molecule has 3 rings (SSSR count). The minimum absolute atomic E-state index is 0.418. The third-order valence-electron chi connectivity index (χ3n) is 5.39. The van der Waals surface area contributed by atoms with Gasteiger partial charge in [0, 0.05) is 39.3 Å². The molecule has 0 atom stereocenters. The first-order chi connectivity index (χ1) is 14.0. The van der Waals surface area contributed by atoms with Crippen LogP contribution in [0.2, 0.25) is 0 Å². The summed E-state index contributed by atoms with van der Waals surface area (Å²) < 4.78 is 1.97. The number of aromatic nitrogens is 3. The quantitative estimate of drug-likeness (QED) is 0.428. The molecular formula is C22H33N7. The molecule has 1 aromatic heterocycles. The Balaban J connectivity index is 1.53. The van der Waals surface area contributed by atoms with E-state index in [0.717, 1.165) is 50.1 Å². The second kappa shape index (κ2) is 10.2. The summed E-state index contributed by atoms with van der Waals surface area (Å²) in [5, 5.41) is 15.2. The van der Waals surface area contributed by atoms with Gasteiger partial charge >= 0.3 is 0 Å². The van der Waals surface area contributed by atoms with Crippen molar-refractivity contribution in [2.24, 2.45) is 12.0 Å². The van der Waals surface area contributed by atoms with Crippen LogP contribution in [-0.4, -0.2) is 51.3 Å². The Bertz CT molecular complexity index is 831. The van der Waals surface area contributed by atoms with E-state index in [0.29, 0.717) is 19.1 Å². The van der Waals surface area contributed by atoms with Crippen molar-refractivity contribution in [1.82, 2.24) is 30.3 Å². The number of nitrogens with zero attached hydrogens (tertiary/aromatic N) is 5. The van der Waals surface area contributed by atoms with Gasteiger partial charge < -0.3 is 15.2 Å². The van der Waals surface area contributed by atoms with Crippen LogP contribution in [0.3, 0.4) is 0 Å². The van der Waals surface area contributed by atoms with Gasteiger partial charge in [-0.3, -0.25) is 4.90 Å². The lowest BCUT2D eigenvalue weighted by molar-refractivity contribution is 0.198. The number of hydrogen-bond acceptors (Lipinski definition) is 4. The van der Waals surface area contributed by atoms with Gasteiger partial charge in [0.15, 0.2) is 11.8 Å². The molecule has 156 valence electrons. The monoisotopic (exact) mass is 395 g/mol. The third-order valence-corrected chi connectivity index (χ3v) is 5.39. The second-order valence-electron chi connectivity index (χ2n) is 7.74. The molecule has 0 amide bonds. The normalized spacial score (nSPS) is 16.0. The minimum atomic E-state index is 0.418. The molecular weight excluding hydrogens is 362 g/mol. The Morgan fingerprint density at radius 1 is 1.28 bits per heavy atom. The van der Waals surface area contributed by atoms with Crippen molar-refractivity contribution in [2.75, 3.05) is 19.6 Å². The van der Waals surface area contributed by atoms with Crippen molar-refractivity contribution in [2.45, 2.75) is 45.8 Å². The highest BCUT2D eigenvalue weighted by Gasteiger charge is 2.20. The van der Waals surface area contributed by atoms with Gasteiger partial charge in [0.2, 0.25) is 0 Å². The van der Waals surface area contributed by atoms with Crippen LogP contribution in [0.25, 0.3) is 0 Å². The highest BCUT2D eigenvalue weighted by molar-refractivity contribution is 5.80. The van der Waals surface area contributed by atoms with Crippen molar-refractivity contribution in [3.05, 3.63) is 59.7 Å². The molecule has 2 heterocycles. The van der Waals surface area contributed by atoms with E-state index >= 15 is 0 Å². The van der Waals surface area contributed by atoms with Gasteiger partial charge in [0.1, 0.15) is 12.4 Å². The molecule has 2 N–H and O–H groups in total. The highest BCUT2D eigenvalue weighted by Crippen LogP contribution is 2.15. The number of guanidine groups is 1. The lowest BCUT2D eigenvalue weighted by atomic mass is 10.0. The predicted molar refractivity (Wildman–Crippen MR) is 118 cm³/mol. The van der Waals surface area contributed by atoms with E-state index in [-0.39, 0.29) is 0 Å². The van der Waals surface area contributed by atoms with Gasteiger partial charge in [-0.25, -0.2) is 4.99 Å². The fraction of sp³-hybridized carbons (Fsp3) is 0.500. The maximum Gasteiger partial charge on any atom is 0.192 e. The van der Waals surface area contributed by atoms with E-state index in [1.807, 2.05) is 24.6 Å². The van der Waals surface area contributed by atoms with Crippen LogP contribution in [0.4, 0.5) is 0 Å². The smallest absolute Gasteiger partial charge is 0.192 e. The number of aryl methyl sites for hydroxylation is 2. The predicted octanol–water partition coefficient (Wildman–Crippen LogP) is 2.32. The van der Waals surface area contributed by atoms with Crippen LogP contribution in [0.15, 0.2) is 41.9 Å². The molecule has 0 radical (unpaired) electrons. The van der Waals surface area contributed by atoms with Crippen LogP contribution < -0.4 is 10.6 Å². The molecule has 7 heteroatoms. The summed E-state index contributed by atoms with van der Waals surface area (Å²) in [6.45, 7) is 12.3. The number of piperidine rings is 1. The minimum Gasteiger partial charge on any atom is -0.354 e. The van der Waals surface area contributed by atoms with E-state index in [4.69, 9.17) is 4.99 Å². The van der Waals surface area contributed by atoms with E-state index in [1.165, 1.54) is 11.1 Å². The third kappa shape index (κ3) is 6.15. The van der Waals surface area contributed by atoms with Crippen LogP contribution in [0, 0.1) is 13.8 Å². The first kappa shape index (κ1) is 21.0. The van der Waals surface area contributed by atoms with Gasteiger partial charge in [-0.15, -0.1) is 16.8 Å². The maximum atomic E-state index is 4.71. The van der Waals surface area contributed by atoms with Gasteiger partial charge in [0.05, 0.1) is 0 Å². The number of aliphatic imine (C=N–C) groups is 1. The molecule has 1 saturated heterocycles. The average Bonchev–Trinajstić information content (AvgIpc) is 3.03. The number of rotatable bonds is 7. The Labute approximate surface area is 173 Å². The molecule has 1 fully saturated rings. The Morgan fingerprint density at radius 3 is 2.72 bits per heavy atom. The van der Waals surface area contributed by atoms with Crippen LogP contribution >= 0.6 is 0 Å². The van der Waals surface area contributed by atoms with Gasteiger partial charge in [0.25, 0.3) is 0 Å². The molecule has 0 bridgehead atoms. The summed E-state index contributed by atoms with van der Waals surface area (Å²) in [6, 6.07) is 9.21. The van der Waals surface area contributed by atoms with Gasteiger partial charge in [-0.05, 0) is 32.3 Å². The van der Waals surface area contributed by atoms with E-state index in [2.05, 4.69) is 63.5 Å². The van der Waals surface area contributed by atoms with E-state index < -0.39 is 0 Å². The molecule has 1 aliphatic rings. The van der Waals surface area contributed by atoms with Crippen LogP contribution in [0.1, 0.15) is 35.6 Å². The standard InChI is InChI=1S/C22H33N7/c1-5-11-23-22(24-15-21-27-26-18(3)28(21)4)25-20-9-12-29(13-10-20)16-19-8-6-7-17(2)14-19/h5-8,14,20H,1,9-13,15-16H2,2-4H3,(H2,23,24,25). The second-order valence-corrected chi connectivity index (χ2v) is 7.74. The summed E-state index contributed by atoms with van der Waals surface area (Å²) in [7, 11) is 1.97. The lowest BCUT2D eigenvalue weighted by Gasteiger charge is -2.33. The van der Waals surface area contributed by atoms with Crippen molar-refractivity contribution >= 4 is 5.96 Å². The zero-order chi connectivity index (χ0) is 20.6. The van der Waals surface area contributed by atoms with Gasteiger partial charge in [-0.2, -0.15) is 0 Å². The number of hydrogen-bond donors (Lipinski definition) is 2. The molecule has 1 aliphatic heterocycles. The summed E-state index contributed by atoms with van der Waals surface area (Å²) in [6.07, 6.45) is 4.04. The Hall–Kier alpha value is -2.67. The Kier molecular flexibility index (Phi) is 7.41. The molecule has 7 nitrogen and oxygen atoms in total.